The van der Waals surface area contributed by atoms with Gasteiger partial charge in [-0.2, -0.15) is 0 Å². The molecule has 0 bridgehead atoms. The van der Waals surface area contributed by atoms with Crippen LogP contribution in [0.25, 0.3) is 11.0 Å². The third-order valence-corrected chi connectivity index (χ3v) is 4.02. The number of ether oxygens (including phenoxy) is 1. The van der Waals surface area contributed by atoms with Crippen LogP contribution in [0.3, 0.4) is 0 Å². The van der Waals surface area contributed by atoms with Crippen molar-refractivity contribution in [1.29, 1.82) is 0 Å². The van der Waals surface area contributed by atoms with E-state index in [1.807, 2.05) is 53.1 Å². The Morgan fingerprint density at radius 1 is 1.17 bits per heavy atom. The van der Waals surface area contributed by atoms with Crippen molar-refractivity contribution < 1.29 is 9.53 Å². The molecule has 0 unspecified atom stereocenters. The fraction of sp³-hybridized carbons (Fsp3) is 0.263. The van der Waals surface area contributed by atoms with Gasteiger partial charge in [0.15, 0.2) is 0 Å². The van der Waals surface area contributed by atoms with Crippen LogP contribution in [0.4, 0.5) is 0 Å². The van der Waals surface area contributed by atoms with Gasteiger partial charge in [0.25, 0.3) is 0 Å². The monoisotopic (exact) mass is 323 g/mol. The lowest BCUT2D eigenvalue weighted by Gasteiger charge is -2.09. The van der Waals surface area contributed by atoms with E-state index in [2.05, 4.69) is 10.3 Å². The molecule has 124 valence electrons. The molecule has 1 N–H and O–H groups in total. The van der Waals surface area contributed by atoms with Gasteiger partial charge in [0.2, 0.25) is 5.91 Å². The van der Waals surface area contributed by atoms with Crippen LogP contribution in [-0.4, -0.2) is 29.1 Å². The van der Waals surface area contributed by atoms with Crippen LogP contribution in [0.15, 0.2) is 54.9 Å². The van der Waals surface area contributed by atoms with Crippen LogP contribution >= 0.6 is 0 Å². The number of methoxy groups -OCH3 is 1. The zero-order valence-corrected chi connectivity index (χ0v) is 13.7. The molecule has 5 nitrogen and oxygen atoms in total. The number of rotatable bonds is 7. The molecule has 2 aromatic carbocycles. The van der Waals surface area contributed by atoms with Crippen LogP contribution in [0.5, 0.6) is 5.75 Å². The second-order valence-corrected chi connectivity index (χ2v) is 5.59. The number of carbonyl (C=O) groups excluding carboxylic acids is 1. The number of nitrogens with zero attached hydrogens (tertiary/aromatic N) is 2. The molecule has 1 aromatic heterocycles. The molecule has 0 aliphatic carbocycles. The van der Waals surface area contributed by atoms with Crippen LogP contribution < -0.4 is 10.1 Å². The number of hydrogen-bond acceptors (Lipinski definition) is 3. The first-order valence-corrected chi connectivity index (χ1v) is 8.06. The van der Waals surface area contributed by atoms with Crippen LogP contribution in [0.1, 0.15) is 12.0 Å². The Labute approximate surface area is 141 Å². The largest absolute Gasteiger partial charge is 0.496 e. The Balaban J connectivity index is 1.48. The van der Waals surface area contributed by atoms with E-state index in [4.69, 9.17) is 4.74 Å². The summed E-state index contributed by atoms with van der Waals surface area (Å²) in [5.41, 5.74) is 3.11. The normalized spacial score (nSPS) is 10.7. The number of benzene rings is 2. The zero-order chi connectivity index (χ0) is 16.8. The molecule has 1 amide bonds. The van der Waals surface area contributed by atoms with Crippen molar-refractivity contribution in [3.8, 4) is 5.75 Å². The molecule has 3 rings (SSSR count). The molecule has 24 heavy (non-hydrogen) atoms. The highest BCUT2D eigenvalue weighted by atomic mass is 16.5. The minimum absolute atomic E-state index is 0.0441. The van der Waals surface area contributed by atoms with Crippen LogP contribution in [0.2, 0.25) is 0 Å². The maximum absolute atomic E-state index is 12.0. The van der Waals surface area contributed by atoms with Crippen molar-refractivity contribution in [3.05, 3.63) is 60.4 Å². The number of hydrogen-bond donors (Lipinski definition) is 1. The first kappa shape index (κ1) is 16.1. The molecule has 0 saturated heterocycles. The van der Waals surface area contributed by atoms with Crippen molar-refractivity contribution in [1.82, 2.24) is 14.9 Å². The zero-order valence-electron chi connectivity index (χ0n) is 13.7. The molecule has 1 heterocycles. The summed E-state index contributed by atoms with van der Waals surface area (Å²) in [6.45, 7) is 1.23. The standard InChI is InChI=1S/C19H21N3O2/c1-24-18-9-5-2-6-15(18)10-12-20-19(23)11-13-22-14-21-16-7-3-4-8-17(16)22/h2-9,14H,10-13H2,1H3,(H,20,23). The second-order valence-electron chi connectivity index (χ2n) is 5.59. The van der Waals surface area contributed by atoms with E-state index in [0.29, 0.717) is 19.5 Å². The Morgan fingerprint density at radius 2 is 1.96 bits per heavy atom. The average Bonchev–Trinajstić information content (AvgIpc) is 3.03. The van der Waals surface area contributed by atoms with Crippen molar-refractivity contribution in [2.75, 3.05) is 13.7 Å². The Kier molecular flexibility index (Phi) is 5.11. The Bertz CT molecular complexity index is 826. The summed E-state index contributed by atoms with van der Waals surface area (Å²) in [6.07, 6.45) is 2.98. The number of amides is 1. The Hall–Kier alpha value is -2.82. The van der Waals surface area contributed by atoms with E-state index < -0.39 is 0 Å². The van der Waals surface area contributed by atoms with E-state index in [1.54, 1.807) is 13.4 Å². The molecule has 5 heteroatoms. The summed E-state index contributed by atoms with van der Waals surface area (Å²) in [4.78, 5) is 16.4. The maximum atomic E-state index is 12.0. The highest BCUT2D eigenvalue weighted by molar-refractivity contribution is 5.77. The first-order chi connectivity index (χ1) is 11.8. The third kappa shape index (κ3) is 3.74. The number of aromatic nitrogens is 2. The number of para-hydroxylation sites is 3. The van der Waals surface area contributed by atoms with Crippen LogP contribution in [0, 0.1) is 0 Å². The lowest BCUT2D eigenvalue weighted by molar-refractivity contribution is -0.121. The minimum Gasteiger partial charge on any atom is -0.496 e. The molecule has 0 aliphatic rings. The van der Waals surface area contributed by atoms with Crippen molar-refractivity contribution in [2.24, 2.45) is 0 Å². The summed E-state index contributed by atoms with van der Waals surface area (Å²) >= 11 is 0. The summed E-state index contributed by atoms with van der Waals surface area (Å²) in [5, 5.41) is 2.96. The van der Waals surface area contributed by atoms with Crippen LogP contribution in [-0.2, 0) is 17.8 Å². The van der Waals surface area contributed by atoms with E-state index in [9.17, 15) is 4.79 Å². The predicted octanol–water partition coefficient (Wildman–Crippen LogP) is 2.79. The number of imidazole rings is 1. The summed E-state index contributed by atoms with van der Waals surface area (Å²) < 4.78 is 7.33. The lowest BCUT2D eigenvalue weighted by atomic mass is 10.1. The van der Waals surface area contributed by atoms with Crippen molar-refractivity contribution >= 4 is 16.9 Å². The smallest absolute Gasteiger partial charge is 0.221 e. The molecule has 0 fully saturated rings. The molecule has 0 aliphatic heterocycles. The third-order valence-electron chi connectivity index (χ3n) is 4.02. The molecule has 0 spiro atoms. The predicted molar refractivity (Wildman–Crippen MR) is 94.1 cm³/mol. The maximum Gasteiger partial charge on any atom is 0.221 e. The van der Waals surface area contributed by atoms with Gasteiger partial charge in [-0.1, -0.05) is 30.3 Å². The number of nitrogens with one attached hydrogen (secondary N) is 1. The molecule has 0 radical (unpaired) electrons. The molecular formula is C19H21N3O2. The molecule has 0 saturated carbocycles. The van der Waals surface area contributed by atoms with Gasteiger partial charge in [0, 0.05) is 19.5 Å². The van der Waals surface area contributed by atoms with E-state index in [0.717, 1.165) is 28.8 Å². The van der Waals surface area contributed by atoms with Gasteiger partial charge in [-0.3, -0.25) is 4.79 Å². The van der Waals surface area contributed by atoms with Gasteiger partial charge < -0.3 is 14.6 Å². The quantitative estimate of drug-likeness (QED) is 0.727. The van der Waals surface area contributed by atoms with E-state index >= 15 is 0 Å². The summed E-state index contributed by atoms with van der Waals surface area (Å²) in [5.74, 6) is 0.902. The fourth-order valence-electron chi connectivity index (χ4n) is 2.74. The van der Waals surface area contributed by atoms with Gasteiger partial charge in [0.05, 0.1) is 24.5 Å². The molecular weight excluding hydrogens is 302 g/mol. The number of fused-ring (bicyclic) bond motifs is 1. The first-order valence-electron chi connectivity index (χ1n) is 8.06. The Morgan fingerprint density at radius 3 is 2.83 bits per heavy atom. The van der Waals surface area contributed by atoms with E-state index in [-0.39, 0.29) is 5.91 Å². The van der Waals surface area contributed by atoms with Crippen molar-refractivity contribution in [3.63, 3.8) is 0 Å². The summed E-state index contributed by atoms with van der Waals surface area (Å²) in [7, 11) is 1.66. The van der Waals surface area contributed by atoms with Gasteiger partial charge in [-0.25, -0.2) is 4.98 Å². The lowest BCUT2D eigenvalue weighted by Crippen LogP contribution is -2.26. The fourth-order valence-corrected chi connectivity index (χ4v) is 2.74. The second kappa shape index (κ2) is 7.64. The number of carbonyl (C=O) groups is 1. The highest BCUT2D eigenvalue weighted by Crippen LogP contribution is 2.17. The topological polar surface area (TPSA) is 56.1 Å². The molecule has 0 atom stereocenters. The number of aryl methyl sites for hydroxylation is 1. The average molecular weight is 323 g/mol. The van der Waals surface area contributed by atoms with Crippen molar-refractivity contribution in [2.45, 2.75) is 19.4 Å². The van der Waals surface area contributed by atoms with Gasteiger partial charge in [0.1, 0.15) is 5.75 Å². The SMILES string of the molecule is COc1ccccc1CCNC(=O)CCn1cnc2ccccc21. The van der Waals surface area contributed by atoms with E-state index in [1.165, 1.54) is 0 Å². The summed E-state index contributed by atoms with van der Waals surface area (Å²) in [6, 6.07) is 15.8. The minimum atomic E-state index is 0.0441. The molecule has 3 aromatic rings. The highest BCUT2D eigenvalue weighted by Gasteiger charge is 2.06. The van der Waals surface area contributed by atoms with Gasteiger partial charge in [-0.15, -0.1) is 0 Å². The van der Waals surface area contributed by atoms with Gasteiger partial charge in [-0.05, 0) is 30.2 Å². The van der Waals surface area contributed by atoms with Gasteiger partial charge >= 0.3 is 0 Å².